The Balaban J connectivity index is 1.68. The van der Waals surface area contributed by atoms with Gasteiger partial charge in [-0.05, 0) is 67.5 Å². The van der Waals surface area contributed by atoms with Crippen molar-refractivity contribution in [3.8, 4) is 5.75 Å². The van der Waals surface area contributed by atoms with Crippen LogP contribution in [0.4, 0.5) is 5.69 Å². The number of methoxy groups -OCH3 is 1. The van der Waals surface area contributed by atoms with Crippen LogP contribution in [0.15, 0.2) is 48.5 Å². The Morgan fingerprint density at radius 3 is 2.43 bits per heavy atom. The molecule has 1 heterocycles. The van der Waals surface area contributed by atoms with Gasteiger partial charge in [-0.1, -0.05) is 23.7 Å². The van der Waals surface area contributed by atoms with Crippen LogP contribution in [-0.2, 0) is 16.0 Å². The van der Waals surface area contributed by atoms with Crippen molar-refractivity contribution in [1.82, 2.24) is 9.80 Å². The lowest BCUT2D eigenvalue weighted by atomic mass is 10.1. The van der Waals surface area contributed by atoms with Gasteiger partial charge in [0.25, 0.3) is 5.91 Å². The molecule has 3 rings (SSSR count). The molecule has 2 aromatic rings. The van der Waals surface area contributed by atoms with E-state index in [-0.39, 0.29) is 18.2 Å². The summed E-state index contributed by atoms with van der Waals surface area (Å²) in [4.78, 5) is 28.9. The smallest absolute Gasteiger partial charge is 0.252 e. The number of nitrogens with zero attached hydrogens (tertiary/aromatic N) is 2. The van der Waals surface area contributed by atoms with Crippen molar-refractivity contribution in [2.45, 2.75) is 25.8 Å². The summed E-state index contributed by atoms with van der Waals surface area (Å²) in [6, 6.07) is 14.0. The van der Waals surface area contributed by atoms with Crippen molar-refractivity contribution < 1.29 is 14.3 Å². The van der Waals surface area contributed by atoms with Crippen molar-refractivity contribution in [2.75, 3.05) is 25.5 Å². The van der Waals surface area contributed by atoms with Gasteiger partial charge >= 0.3 is 0 Å². The Hall–Kier alpha value is -2.64. The first-order chi connectivity index (χ1) is 14.4. The molecule has 1 aliphatic heterocycles. The minimum atomic E-state index is -0.608. The van der Waals surface area contributed by atoms with E-state index < -0.39 is 6.04 Å². The number of rotatable bonds is 8. The van der Waals surface area contributed by atoms with E-state index in [0.29, 0.717) is 35.3 Å². The van der Waals surface area contributed by atoms with Crippen molar-refractivity contribution in [3.05, 3.63) is 59.1 Å². The standard InChI is InChI=1S/C22H24ClN3O3S/c1-3-25-21(28)19(14-20(27)24-17-8-6-16(23)7-9-17)26(22(25)30)13-12-15-4-10-18(29-2)11-5-15/h4-11,19H,3,12-14H2,1-2H3,(H,24,27). The van der Waals surface area contributed by atoms with Gasteiger partial charge in [-0.25, -0.2) is 0 Å². The molecule has 0 radical (unpaired) electrons. The summed E-state index contributed by atoms with van der Waals surface area (Å²) in [6.07, 6.45) is 0.727. The first kappa shape index (κ1) is 22.1. The highest BCUT2D eigenvalue weighted by Gasteiger charge is 2.42. The lowest BCUT2D eigenvalue weighted by molar-refractivity contribution is -0.130. The van der Waals surface area contributed by atoms with Gasteiger partial charge < -0.3 is 15.0 Å². The fraction of sp³-hybridized carbons (Fsp3) is 0.318. The molecular formula is C22H24ClN3O3S. The number of benzene rings is 2. The second-order valence-electron chi connectivity index (χ2n) is 6.93. The van der Waals surface area contributed by atoms with Crippen molar-refractivity contribution in [1.29, 1.82) is 0 Å². The fourth-order valence-electron chi connectivity index (χ4n) is 3.40. The minimum absolute atomic E-state index is 0.0285. The maximum absolute atomic E-state index is 12.9. The molecule has 1 saturated heterocycles. The van der Waals surface area contributed by atoms with Gasteiger partial charge in [0.05, 0.1) is 13.5 Å². The Bertz CT molecular complexity index is 918. The normalized spacial score (nSPS) is 16.2. The molecule has 0 aromatic heterocycles. The van der Waals surface area contributed by atoms with Crippen LogP contribution in [0.25, 0.3) is 0 Å². The van der Waals surface area contributed by atoms with Gasteiger partial charge in [0.2, 0.25) is 5.91 Å². The number of ether oxygens (including phenoxy) is 1. The number of carbonyl (C=O) groups is 2. The topological polar surface area (TPSA) is 61.9 Å². The molecule has 0 saturated carbocycles. The lowest BCUT2D eigenvalue weighted by Crippen LogP contribution is -2.39. The Morgan fingerprint density at radius 1 is 1.17 bits per heavy atom. The predicted octanol–water partition coefficient (Wildman–Crippen LogP) is 3.74. The molecule has 0 spiro atoms. The maximum Gasteiger partial charge on any atom is 0.252 e. The zero-order valence-electron chi connectivity index (χ0n) is 16.9. The number of anilines is 1. The molecular weight excluding hydrogens is 422 g/mol. The van der Waals surface area contributed by atoms with Crippen LogP contribution >= 0.6 is 23.8 Å². The van der Waals surface area contributed by atoms with E-state index in [1.807, 2.05) is 36.1 Å². The SMILES string of the molecule is CCN1C(=O)C(CC(=O)Nc2ccc(Cl)cc2)N(CCc2ccc(OC)cc2)C1=S. The maximum atomic E-state index is 12.9. The van der Waals surface area contributed by atoms with Gasteiger partial charge in [-0.2, -0.15) is 0 Å². The zero-order valence-corrected chi connectivity index (χ0v) is 18.5. The van der Waals surface area contributed by atoms with Gasteiger partial charge in [0, 0.05) is 23.8 Å². The van der Waals surface area contributed by atoms with Gasteiger partial charge in [-0.3, -0.25) is 14.5 Å². The number of hydrogen-bond donors (Lipinski definition) is 1. The van der Waals surface area contributed by atoms with Crippen LogP contribution in [0, 0.1) is 0 Å². The van der Waals surface area contributed by atoms with Crippen molar-refractivity contribution in [2.24, 2.45) is 0 Å². The van der Waals surface area contributed by atoms with E-state index in [4.69, 9.17) is 28.6 Å². The molecule has 0 bridgehead atoms. The second-order valence-corrected chi connectivity index (χ2v) is 7.73. The van der Waals surface area contributed by atoms with Crippen LogP contribution in [-0.4, -0.2) is 53.0 Å². The summed E-state index contributed by atoms with van der Waals surface area (Å²) < 4.78 is 5.19. The predicted molar refractivity (Wildman–Crippen MR) is 122 cm³/mol. The van der Waals surface area contributed by atoms with Crippen molar-refractivity contribution >= 4 is 46.4 Å². The summed E-state index contributed by atoms with van der Waals surface area (Å²) in [5.41, 5.74) is 1.74. The third-order valence-corrected chi connectivity index (χ3v) is 5.73. The monoisotopic (exact) mass is 445 g/mol. The van der Waals surface area contributed by atoms with Crippen LogP contribution < -0.4 is 10.1 Å². The quantitative estimate of drug-likeness (QED) is 0.627. The molecule has 1 atom stereocenters. The average molecular weight is 446 g/mol. The molecule has 0 aliphatic carbocycles. The summed E-state index contributed by atoms with van der Waals surface area (Å²) >= 11 is 11.4. The molecule has 30 heavy (non-hydrogen) atoms. The number of amides is 2. The van der Waals surface area contributed by atoms with Gasteiger partial charge in [0.1, 0.15) is 11.8 Å². The molecule has 1 fully saturated rings. The van der Waals surface area contributed by atoms with E-state index in [2.05, 4.69) is 5.32 Å². The molecule has 1 N–H and O–H groups in total. The number of thiocarbonyl (C=S) groups is 1. The molecule has 2 amide bonds. The highest BCUT2D eigenvalue weighted by Crippen LogP contribution is 2.23. The molecule has 8 heteroatoms. The summed E-state index contributed by atoms with van der Waals surface area (Å²) in [6.45, 7) is 2.90. The van der Waals surface area contributed by atoms with Crippen LogP contribution in [0.2, 0.25) is 5.02 Å². The van der Waals surface area contributed by atoms with E-state index in [0.717, 1.165) is 11.3 Å². The highest BCUT2D eigenvalue weighted by molar-refractivity contribution is 7.80. The number of hydrogen-bond acceptors (Lipinski definition) is 4. The van der Waals surface area contributed by atoms with Gasteiger partial charge in [-0.15, -0.1) is 0 Å². The van der Waals surface area contributed by atoms with Crippen molar-refractivity contribution in [3.63, 3.8) is 0 Å². The second kappa shape index (κ2) is 9.91. The number of nitrogens with one attached hydrogen (secondary N) is 1. The molecule has 2 aromatic carbocycles. The Morgan fingerprint density at radius 2 is 1.83 bits per heavy atom. The zero-order chi connectivity index (χ0) is 21.7. The number of likely N-dealkylation sites (N-methyl/N-ethyl adjacent to an activating group) is 1. The van der Waals surface area contributed by atoms with Crippen LogP contribution in [0.3, 0.4) is 0 Å². The molecule has 1 unspecified atom stereocenters. The first-order valence-corrected chi connectivity index (χ1v) is 10.5. The largest absolute Gasteiger partial charge is 0.497 e. The summed E-state index contributed by atoms with van der Waals surface area (Å²) in [7, 11) is 1.63. The summed E-state index contributed by atoms with van der Waals surface area (Å²) in [5, 5.41) is 3.88. The fourth-order valence-corrected chi connectivity index (χ4v) is 3.96. The van der Waals surface area contributed by atoms with E-state index in [9.17, 15) is 9.59 Å². The van der Waals surface area contributed by atoms with E-state index >= 15 is 0 Å². The average Bonchev–Trinajstić information content (AvgIpc) is 2.97. The first-order valence-electron chi connectivity index (χ1n) is 9.73. The van der Waals surface area contributed by atoms with Crippen LogP contribution in [0.5, 0.6) is 5.75 Å². The lowest BCUT2D eigenvalue weighted by Gasteiger charge is -2.23. The number of carbonyl (C=O) groups excluding carboxylic acids is 2. The third-order valence-electron chi connectivity index (χ3n) is 5.03. The van der Waals surface area contributed by atoms with E-state index in [1.165, 1.54) is 0 Å². The third kappa shape index (κ3) is 5.09. The van der Waals surface area contributed by atoms with Gasteiger partial charge in [0.15, 0.2) is 5.11 Å². The Labute approximate surface area is 186 Å². The molecule has 6 nitrogen and oxygen atoms in total. The summed E-state index contributed by atoms with van der Waals surface area (Å²) in [5.74, 6) is 0.411. The van der Waals surface area contributed by atoms with E-state index in [1.54, 1.807) is 36.3 Å². The molecule has 1 aliphatic rings. The number of halogens is 1. The Kier molecular flexibility index (Phi) is 7.29. The minimum Gasteiger partial charge on any atom is -0.497 e. The highest BCUT2D eigenvalue weighted by atomic mass is 35.5. The molecule has 158 valence electrons. The van der Waals surface area contributed by atoms with Crippen LogP contribution in [0.1, 0.15) is 18.9 Å².